The Morgan fingerprint density at radius 2 is 1.33 bits per heavy atom. The number of anilines is 1. The van der Waals surface area contributed by atoms with Crippen LogP contribution >= 0.6 is 0 Å². The Labute approximate surface area is 214 Å². The van der Waals surface area contributed by atoms with Crippen molar-refractivity contribution in [3.05, 3.63) is 96.1 Å². The minimum atomic E-state index is -3.68. The molecule has 8 heteroatoms. The Morgan fingerprint density at radius 3 is 1.78 bits per heavy atom. The number of amides is 1. The maximum atomic E-state index is 13.5. The van der Waals surface area contributed by atoms with E-state index in [9.17, 15) is 13.2 Å². The van der Waals surface area contributed by atoms with E-state index < -0.39 is 16.1 Å². The van der Waals surface area contributed by atoms with Crippen LogP contribution in [-0.2, 0) is 14.8 Å². The van der Waals surface area contributed by atoms with Crippen molar-refractivity contribution in [2.24, 2.45) is 0 Å². The first kappa shape index (κ1) is 25.7. The van der Waals surface area contributed by atoms with Crippen molar-refractivity contribution in [2.75, 3.05) is 43.8 Å². The summed E-state index contributed by atoms with van der Waals surface area (Å²) in [5.74, 6) is 0.417. The Balaban J connectivity index is 1.50. The molecular weight excluding hydrogens is 474 g/mol. The summed E-state index contributed by atoms with van der Waals surface area (Å²) in [6, 6.07) is 26.7. The molecule has 0 spiro atoms. The van der Waals surface area contributed by atoms with E-state index in [1.807, 2.05) is 36.4 Å². The summed E-state index contributed by atoms with van der Waals surface area (Å²) in [4.78, 5) is 17.6. The Morgan fingerprint density at radius 1 is 0.833 bits per heavy atom. The Hall–Kier alpha value is -3.36. The smallest absolute Gasteiger partial charge is 0.246 e. The van der Waals surface area contributed by atoms with Gasteiger partial charge in [0.05, 0.1) is 25.1 Å². The maximum Gasteiger partial charge on any atom is 0.246 e. The fraction of sp³-hybridized carbons (Fsp3) is 0.321. The van der Waals surface area contributed by atoms with E-state index in [4.69, 9.17) is 4.74 Å². The zero-order chi connectivity index (χ0) is 25.7. The van der Waals surface area contributed by atoms with Gasteiger partial charge < -0.3 is 9.64 Å². The molecule has 0 aromatic heterocycles. The average molecular weight is 508 g/mol. The molecule has 0 bridgehead atoms. The Bertz CT molecular complexity index is 1200. The van der Waals surface area contributed by atoms with E-state index in [1.165, 1.54) is 15.4 Å². The Kier molecular flexibility index (Phi) is 7.96. The summed E-state index contributed by atoms with van der Waals surface area (Å²) in [5, 5.41) is 0. The van der Waals surface area contributed by atoms with E-state index in [0.29, 0.717) is 37.6 Å². The van der Waals surface area contributed by atoms with E-state index >= 15 is 0 Å². The molecule has 1 saturated heterocycles. The lowest BCUT2D eigenvalue weighted by Gasteiger charge is -2.41. The standard InChI is InChI=1S/C28H33N3O4S/c1-22(31(36(3,33)34)25-14-16-26(35-2)17-15-25)28(32)30-20-18-29(19-21-30)27(23-10-6-4-7-11-23)24-12-8-5-9-13-24/h4-17,22,27H,18-21H2,1-3H3/t22-/m0/s1. The number of benzene rings is 3. The van der Waals surface area contributed by atoms with E-state index in [0.717, 1.165) is 6.26 Å². The molecule has 1 heterocycles. The van der Waals surface area contributed by atoms with Crippen molar-refractivity contribution < 1.29 is 17.9 Å². The molecule has 7 nitrogen and oxygen atoms in total. The number of ether oxygens (including phenoxy) is 1. The quantitative estimate of drug-likeness (QED) is 0.464. The zero-order valence-electron chi connectivity index (χ0n) is 20.9. The molecular formula is C28H33N3O4S. The third-order valence-electron chi connectivity index (χ3n) is 6.62. The minimum Gasteiger partial charge on any atom is -0.497 e. The first-order valence-electron chi connectivity index (χ1n) is 12.1. The molecule has 1 aliphatic heterocycles. The van der Waals surface area contributed by atoms with Gasteiger partial charge in [0, 0.05) is 26.2 Å². The predicted molar refractivity (Wildman–Crippen MR) is 143 cm³/mol. The van der Waals surface area contributed by atoms with Crippen LogP contribution in [0.4, 0.5) is 5.69 Å². The second-order valence-electron chi connectivity index (χ2n) is 9.02. The number of hydrogen-bond acceptors (Lipinski definition) is 5. The summed E-state index contributed by atoms with van der Waals surface area (Å²) in [7, 11) is -2.13. The van der Waals surface area contributed by atoms with Crippen molar-refractivity contribution in [1.29, 1.82) is 0 Å². The highest BCUT2D eigenvalue weighted by atomic mass is 32.2. The monoisotopic (exact) mass is 507 g/mol. The largest absolute Gasteiger partial charge is 0.497 e. The second-order valence-corrected chi connectivity index (χ2v) is 10.9. The van der Waals surface area contributed by atoms with E-state index in [2.05, 4.69) is 29.2 Å². The predicted octanol–water partition coefficient (Wildman–Crippen LogP) is 3.78. The molecule has 0 unspecified atom stereocenters. The summed E-state index contributed by atoms with van der Waals surface area (Å²) < 4.78 is 31.7. The molecule has 0 aliphatic carbocycles. The van der Waals surface area contributed by atoms with Gasteiger partial charge in [-0.25, -0.2) is 8.42 Å². The number of carbonyl (C=O) groups excluding carboxylic acids is 1. The maximum absolute atomic E-state index is 13.5. The fourth-order valence-corrected chi connectivity index (χ4v) is 6.05. The van der Waals surface area contributed by atoms with Gasteiger partial charge in [0.15, 0.2) is 0 Å². The van der Waals surface area contributed by atoms with E-state index in [1.54, 1.807) is 43.2 Å². The van der Waals surface area contributed by atoms with Crippen molar-refractivity contribution in [3.63, 3.8) is 0 Å². The SMILES string of the molecule is COc1ccc(N([C@@H](C)C(=O)N2CCN(C(c3ccccc3)c3ccccc3)CC2)S(C)(=O)=O)cc1. The van der Waals surface area contributed by atoms with Crippen LogP contribution in [0.25, 0.3) is 0 Å². The number of carbonyl (C=O) groups is 1. The lowest BCUT2D eigenvalue weighted by atomic mass is 9.96. The summed E-state index contributed by atoms with van der Waals surface area (Å²) in [6.07, 6.45) is 1.13. The number of piperazine rings is 1. The molecule has 1 fully saturated rings. The van der Waals surface area contributed by atoms with Gasteiger partial charge >= 0.3 is 0 Å². The number of methoxy groups -OCH3 is 1. The molecule has 1 aliphatic rings. The molecule has 1 amide bonds. The topological polar surface area (TPSA) is 70.2 Å². The van der Waals surface area contributed by atoms with Gasteiger partial charge in [0.2, 0.25) is 15.9 Å². The third kappa shape index (κ3) is 5.71. The number of sulfonamides is 1. The van der Waals surface area contributed by atoms with Crippen LogP contribution in [0.1, 0.15) is 24.1 Å². The van der Waals surface area contributed by atoms with Gasteiger partial charge in [-0.05, 0) is 42.3 Å². The van der Waals surface area contributed by atoms with Gasteiger partial charge in [0.25, 0.3) is 0 Å². The van der Waals surface area contributed by atoms with Crippen LogP contribution in [0.3, 0.4) is 0 Å². The second kappa shape index (κ2) is 11.1. The number of rotatable bonds is 8. The van der Waals surface area contributed by atoms with Crippen molar-refractivity contribution >= 4 is 21.6 Å². The molecule has 0 N–H and O–H groups in total. The molecule has 0 saturated carbocycles. The first-order chi connectivity index (χ1) is 17.3. The summed E-state index contributed by atoms with van der Waals surface area (Å²) >= 11 is 0. The van der Waals surface area contributed by atoms with Crippen LogP contribution in [-0.4, -0.2) is 69.7 Å². The molecule has 0 radical (unpaired) electrons. The van der Waals surface area contributed by atoms with Crippen LogP contribution < -0.4 is 9.04 Å². The molecule has 36 heavy (non-hydrogen) atoms. The van der Waals surface area contributed by atoms with E-state index in [-0.39, 0.29) is 11.9 Å². The van der Waals surface area contributed by atoms with Crippen molar-refractivity contribution in [3.8, 4) is 5.75 Å². The third-order valence-corrected chi connectivity index (χ3v) is 7.86. The molecule has 4 rings (SSSR count). The molecule has 3 aromatic rings. The van der Waals surface area contributed by atoms with Gasteiger partial charge in [-0.1, -0.05) is 60.7 Å². The number of hydrogen-bond donors (Lipinski definition) is 0. The average Bonchev–Trinajstić information content (AvgIpc) is 2.90. The molecule has 190 valence electrons. The minimum absolute atomic E-state index is 0.0916. The summed E-state index contributed by atoms with van der Waals surface area (Å²) in [5.41, 5.74) is 2.85. The van der Waals surface area contributed by atoms with Crippen LogP contribution in [0, 0.1) is 0 Å². The van der Waals surface area contributed by atoms with Crippen molar-refractivity contribution in [1.82, 2.24) is 9.80 Å². The van der Waals surface area contributed by atoms with Gasteiger partial charge in [-0.3, -0.25) is 14.0 Å². The fourth-order valence-electron chi connectivity index (χ4n) is 4.88. The van der Waals surface area contributed by atoms with Gasteiger partial charge in [-0.15, -0.1) is 0 Å². The van der Waals surface area contributed by atoms with Crippen LogP contribution in [0.2, 0.25) is 0 Å². The van der Waals surface area contributed by atoms with Gasteiger partial charge in [-0.2, -0.15) is 0 Å². The lowest BCUT2D eigenvalue weighted by Crippen LogP contribution is -2.55. The highest BCUT2D eigenvalue weighted by molar-refractivity contribution is 7.92. The highest BCUT2D eigenvalue weighted by Gasteiger charge is 2.34. The highest BCUT2D eigenvalue weighted by Crippen LogP contribution is 2.30. The molecule has 1 atom stereocenters. The normalized spacial score (nSPS) is 15.5. The summed E-state index contributed by atoms with van der Waals surface area (Å²) in [6.45, 7) is 4.08. The van der Waals surface area contributed by atoms with Gasteiger partial charge in [0.1, 0.15) is 11.8 Å². The van der Waals surface area contributed by atoms with Crippen molar-refractivity contribution in [2.45, 2.75) is 19.0 Å². The number of nitrogens with zero attached hydrogens (tertiary/aromatic N) is 3. The molecule has 3 aromatic carbocycles. The van der Waals surface area contributed by atoms with Crippen LogP contribution in [0.5, 0.6) is 5.75 Å². The first-order valence-corrected chi connectivity index (χ1v) is 13.9. The lowest BCUT2D eigenvalue weighted by molar-refractivity contribution is -0.134. The van der Waals surface area contributed by atoms with Crippen LogP contribution in [0.15, 0.2) is 84.9 Å². The zero-order valence-corrected chi connectivity index (χ0v) is 21.8.